The van der Waals surface area contributed by atoms with Crippen molar-refractivity contribution in [3.05, 3.63) is 82.4 Å². The first kappa shape index (κ1) is 25.9. The number of benzene rings is 3. The van der Waals surface area contributed by atoms with Gasteiger partial charge < -0.3 is 24.2 Å². The maximum Gasteiger partial charge on any atom is 0.300 e. The van der Waals surface area contributed by atoms with Crippen LogP contribution in [0.4, 0.5) is 11.4 Å². The molecule has 8 nitrogen and oxygen atoms in total. The second-order valence-corrected chi connectivity index (χ2v) is 8.98. The lowest BCUT2D eigenvalue weighted by atomic mass is 9.94. The lowest BCUT2D eigenvalue weighted by Gasteiger charge is -2.26. The van der Waals surface area contributed by atoms with E-state index >= 15 is 0 Å². The molecule has 1 fully saturated rings. The maximum atomic E-state index is 13.5. The molecule has 1 atom stereocenters. The minimum Gasteiger partial charge on any atom is -0.507 e. The van der Waals surface area contributed by atoms with Crippen molar-refractivity contribution >= 4 is 40.4 Å². The Hall–Kier alpha value is -4.17. The molecule has 192 valence electrons. The molecule has 0 aromatic heterocycles. The first-order chi connectivity index (χ1) is 17.7. The number of aliphatic hydroxyl groups is 1. The predicted octanol–water partition coefficient (Wildman–Crippen LogP) is 5.06. The van der Waals surface area contributed by atoms with Gasteiger partial charge in [0.2, 0.25) is 0 Å². The molecule has 0 aliphatic carbocycles. The number of hydrogen-bond acceptors (Lipinski definition) is 7. The van der Waals surface area contributed by atoms with E-state index in [4.69, 9.17) is 25.8 Å². The zero-order valence-corrected chi connectivity index (χ0v) is 21.9. The molecule has 0 bridgehead atoms. The highest BCUT2D eigenvalue weighted by Gasteiger charge is 2.47. The highest BCUT2D eigenvalue weighted by Crippen LogP contribution is 2.44. The Balaban J connectivity index is 1.96. The van der Waals surface area contributed by atoms with Gasteiger partial charge in [0, 0.05) is 43.5 Å². The maximum absolute atomic E-state index is 13.5. The SMILES string of the molecule is COc1cc(OC)cc(N2C(=O)C(=O)/C(=C(/O)c3ccc(Cl)c(OC)c3)C2c2ccc(N(C)C)cc2)c1. The van der Waals surface area contributed by atoms with Crippen LogP contribution >= 0.6 is 11.6 Å². The summed E-state index contributed by atoms with van der Waals surface area (Å²) in [6.07, 6.45) is 0. The molecule has 1 aliphatic rings. The number of carbonyl (C=O) groups is 2. The molecular weight excluding hydrogens is 496 g/mol. The highest BCUT2D eigenvalue weighted by atomic mass is 35.5. The average molecular weight is 523 g/mol. The van der Waals surface area contributed by atoms with Gasteiger partial charge in [-0.15, -0.1) is 0 Å². The molecule has 1 heterocycles. The monoisotopic (exact) mass is 522 g/mol. The minimum atomic E-state index is -0.922. The molecule has 1 aliphatic heterocycles. The van der Waals surface area contributed by atoms with Crippen LogP contribution in [0, 0.1) is 0 Å². The zero-order chi connectivity index (χ0) is 26.9. The van der Waals surface area contributed by atoms with Gasteiger partial charge in [-0.2, -0.15) is 0 Å². The molecule has 0 saturated carbocycles. The summed E-state index contributed by atoms with van der Waals surface area (Å²) in [5.41, 5.74) is 2.18. The number of ether oxygens (including phenoxy) is 3. The van der Waals surface area contributed by atoms with E-state index in [1.807, 2.05) is 43.3 Å². The van der Waals surface area contributed by atoms with Gasteiger partial charge in [0.25, 0.3) is 11.7 Å². The second kappa shape index (κ2) is 10.4. The van der Waals surface area contributed by atoms with Gasteiger partial charge in [-0.25, -0.2) is 0 Å². The van der Waals surface area contributed by atoms with Gasteiger partial charge in [0.15, 0.2) is 0 Å². The van der Waals surface area contributed by atoms with E-state index in [-0.39, 0.29) is 16.9 Å². The fraction of sp³-hybridized carbons (Fsp3) is 0.214. The lowest BCUT2D eigenvalue weighted by Crippen LogP contribution is -2.29. The summed E-state index contributed by atoms with van der Waals surface area (Å²) >= 11 is 6.16. The Bertz CT molecular complexity index is 1360. The molecule has 1 amide bonds. The van der Waals surface area contributed by atoms with Gasteiger partial charge in [-0.1, -0.05) is 23.7 Å². The number of anilines is 2. The smallest absolute Gasteiger partial charge is 0.300 e. The second-order valence-electron chi connectivity index (χ2n) is 8.58. The number of halogens is 1. The van der Waals surface area contributed by atoms with Crippen LogP contribution in [0.15, 0.2) is 66.2 Å². The van der Waals surface area contributed by atoms with Crippen molar-refractivity contribution < 1.29 is 28.9 Å². The molecule has 9 heteroatoms. The largest absolute Gasteiger partial charge is 0.507 e. The highest BCUT2D eigenvalue weighted by molar-refractivity contribution is 6.51. The van der Waals surface area contributed by atoms with Crippen molar-refractivity contribution in [2.24, 2.45) is 0 Å². The molecule has 3 aromatic carbocycles. The van der Waals surface area contributed by atoms with Crippen LogP contribution in [0.5, 0.6) is 17.2 Å². The van der Waals surface area contributed by atoms with Gasteiger partial charge in [-0.3, -0.25) is 14.5 Å². The van der Waals surface area contributed by atoms with Crippen molar-refractivity contribution in [1.82, 2.24) is 0 Å². The van der Waals surface area contributed by atoms with Gasteiger partial charge >= 0.3 is 0 Å². The Morgan fingerprint density at radius 3 is 2.05 bits per heavy atom. The van der Waals surface area contributed by atoms with E-state index in [0.717, 1.165) is 5.69 Å². The Morgan fingerprint density at radius 1 is 0.892 bits per heavy atom. The first-order valence-corrected chi connectivity index (χ1v) is 11.7. The third kappa shape index (κ3) is 4.80. The summed E-state index contributed by atoms with van der Waals surface area (Å²) in [6, 6.07) is 16.1. The number of ketones is 1. The lowest BCUT2D eigenvalue weighted by molar-refractivity contribution is -0.132. The molecule has 1 N–H and O–H groups in total. The van der Waals surface area contributed by atoms with E-state index in [1.165, 1.54) is 32.3 Å². The molecule has 3 aromatic rings. The summed E-state index contributed by atoms with van der Waals surface area (Å²) in [7, 11) is 8.28. The van der Waals surface area contributed by atoms with Crippen LogP contribution in [0.3, 0.4) is 0 Å². The van der Waals surface area contributed by atoms with Crippen LogP contribution < -0.4 is 24.0 Å². The fourth-order valence-electron chi connectivity index (χ4n) is 4.26. The number of methoxy groups -OCH3 is 3. The summed E-state index contributed by atoms with van der Waals surface area (Å²) in [5, 5.41) is 11.7. The zero-order valence-electron chi connectivity index (χ0n) is 21.1. The number of amides is 1. The Kier molecular flexibility index (Phi) is 7.31. The third-order valence-corrected chi connectivity index (χ3v) is 6.52. The van der Waals surface area contributed by atoms with Gasteiger partial charge in [0.05, 0.1) is 43.7 Å². The number of aliphatic hydroxyl groups excluding tert-OH is 1. The molecule has 1 saturated heterocycles. The van der Waals surface area contributed by atoms with Crippen LogP contribution in [0.2, 0.25) is 5.02 Å². The Labute approximate surface area is 220 Å². The topological polar surface area (TPSA) is 88.5 Å². The van der Waals surface area contributed by atoms with Crippen molar-refractivity contribution in [2.45, 2.75) is 6.04 Å². The molecule has 1 unspecified atom stereocenters. The van der Waals surface area contributed by atoms with E-state index < -0.39 is 17.7 Å². The Morgan fingerprint density at radius 2 is 1.51 bits per heavy atom. The van der Waals surface area contributed by atoms with Gasteiger partial charge in [0.1, 0.15) is 23.0 Å². The first-order valence-electron chi connectivity index (χ1n) is 11.4. The summed E-state index contributed by atoms with van der Waals surface area (Å²) in [5.74, 6) is -0.744. The van der Waals surface area contributed by atoms with Crippen molar-refractivity contribution in [1.29, 1.82) is 0 Å². The molecule has 0 spiro atoms. The molecule has 4 rings (SSSR count). The summed E-state index contributed by atoms with van der Waals surface area (Å²) in [4.78, 5) is 30.2. The van der Waals surface area contributed by atoms with Crippen LogP contribution in [0.1, 0.15) is 17.2 Å². The quantitative estimate of drug-likeness (QED) is 0.263. The van der Waals surface area contributed by atoms with E-state index in [1.54, 1.807) is 30.3 Å². The van der Waals surface area contributed by atoms with Crippen molar-refractivity contribution in [3.63, 3.8) is 0 Å². The van der Waals surface area contributed by atoms with E-state index in [9.17, 15) is 14.7 Å². The van der Waals surface area contributed by atoms with Crippen molar-refractivity contribution in [2.75, 3.05) is 45.2 Å². The predicted molar refractivity (Wildman–Crippen MR) is 143 cm³/mol. The number of nitrogens with zero attached hydrogens (tertiary/aromatic N) is 2. The number of rotatable bonds is 7. The summed E-state index contributed by atoms with van der Waals surface area (Å²) < 4.78 is 16.0. The number of hydrogen-bond donors (Lipinski definition) is 1. The minimum absolute atomic E-state index is 0.0613. The summed E-state index contributed by atoms with van der Waals surface area (Å²) in [6.45, 7) is 0. The molecule has 0 radical (unpaired) electrons. The van der Waals surface area contributed by atoms with E-state index in [0.29, 0.717) is 33.5 Å². The van der Waals surface area contributed by atoms with Gasteiger partial charge in [-0.05, 0) is 35.9 Å². The van der Waals surface area contributed by atoms with E-state index in [2.05, 4.69) is 0 Å². The van der Waals surface area contributed by atoms with Crippen LogP contribution in [-0.2, 0) is 9.59 Å². The van der Waals surface area contributed by atoms with Crippen LogP contribution in [-0.4, -0.2) is 52.2 Å². The average Bonchev–Trinajstić information content (AvgIpc) is 3.18. The number of carbonyl (C=O) groups excluding carboxylic acids is 2. The number of Topliss-reactive ketones (excluding diaryl/α,β-unsaturated/α-hetero) is 1. The molecule has 37 heavy (non-hydrogen) atoms. The van der Waals surface area contributed by atoms with Crippen LogP contribution in [0.25, 0.3) is 5.76 Å². The fourth-order valence-corrected chi connectivity index (χ4v) is 4.46. The van der Waals surface area contributed by atoms with Crippen molar-refractivity contribution in [3.8, 4) is 17.2 Å². The standard InChI is InChI=1S/C28H27ClN2O6/c1-30(2)18-9-6-16(7-10-18)25-24(26(32)17-8-11-22(29)23(12-17)37-5)27(33)28(34)31(25)19-13-20(35-3)15-21(14-19)36-4/h6-15,25,32H,1-5H3/b26-24+. The molecular formula is C28H27ClN2O6. The normalized spacial score (nSPS) is 16.6. The third-order valence-electron chi connectivity index (χ3n) is 6.21.